The third-order valence-electron chi connectivity index (χ3n) is 7.13. The number of primary amides is 1. The molecule has 9 nitrogen and oxygen atoms in total. The highest BCUT2D eigenvalue weighted by Crippen LogP contribution is 2.35. The molecule has 0 atom stereocenters. The fraction of sp³-hybridized carbons (Fsp3) is 0.423. The summed E-state index contributed by atoms with van der Waals surface area (Å²) >= 11 is 5.95. The van der Waals surface area contributed by atoms with Crippen LogP contribution in [0.15, 0.2) is 36.7 Å². The largest absolute Gasteiger partial charge is 0.496 e. The Balaban J connectivity index is 1.64. The number of likely N-dealkylation sites (tertiary alicyclic amines) is 1. The number of halogens is 2. The summed E-state index contributed by atoms with van der Waals surface area (Å²) in [6.07, 6.45) is 2.63. The number of carbonyl (C=O) groups is 1. The Labute approximate surface area is 220 Å². The molecule has 1 fully saturated rings. The van der Waals surface area contributed by atoms with E-state index in [4.69, 9.17) is 26.8 Å². The molecule has 11 heteroatoms. The van der Waals surface area contributed by atoms with Gasteiger partial charge >= 0.3 is 0 Å². The van der Waals surface area contributed by atoms with Crippen molar-refractivity contribution in [2.75, 3.05) is 52.8 Å². The molecule has 0 aliphatic carbocycles. The molecule has 0 bridgehead atoms. The topological polar surface area (TPSA) is 106 Å². The van der Waals surface area contributed by atoms with Crippen LogP contribution in [0, 0.1) is 5.82 Å². The highest BCUT2D eigenvalue weighted by molar-refractivity contribution is 6.31. The summed E-state index contributed by atoms with van der Waals surface area (Å²) in [4.78, 5) is 25.7. The van der Waals surface area contributed by atoms with E-state index in [1.165, 1.54) is 12.4 Å². The molecular formula is C26H32ClFN6O3. The minimum absolute atomic E-state index is 0.0114. The van der Waals surface area contributed by atoms with Crippen LogP contribution >= 0.6 is 11.6 Å². The van der Waals surface area contributed by atoms with E-state index in [9.17, 15) is 9.18 Å². The van der Waals surface area contributed by atoms with Crippen molar-refractivity contribution in [3.8, 4) is 5.75 Å². The van der Waals surface area contributed by atoms with Crippen molar-refractivity contribution in [3.05, 3.63) is 53.1 Å². The minimum Gasteiger partial charge on any atom is -0.496 e. The van der Waals surface area contributed by atoms with Gasteiger partial charge in [0.1, 0.15) is 23.4 Å². The first-order valence-corrected chi connectivity index (χ1v) is 12.4. The standard InChI is InChI=1S/C26H32ClFN6O3/c1-33(26(25(29)35)7-9-34(10-8-26)11-12-36-2)15-17-13-18-21(14-22(17)37-3)30-16-31-24(18)32-20-6-4-5-19(27)23(20)28/h4-6,13-14,16H,7-12,15H2,1-3H3,(H2,29,35)(H,30,31,32). The van der Waals surface area contributed by atoms with Gasteiger partial charge in [-0.3, -0.25) is 9.69 Å². The maximum atomic E-state index is 14.6. The van der Waals surface area contributed by atoms with E-state index in [1.807, 2.05) is 24.1 Å². The van der Waals surface area contributed by atoms with Gasteiger partial charge in [0.05, 0.1) is 29.9 Å². The molecule has 2 heterocycles. The van der Waals surface area contributed by atoms with Gasteiger partial charge in [-0.25, -0.2) is 14.4 Å². The van der Waals surface area contributed by atoms with Crippen molar-refractivity contribution >= 4 is 39.9 Å². The maximum absolute atomic E-state index is 14.6. The molecule has 37 heavy (non-hydrogen) atoms. The number of nitrogens with one attached hydrogen (secondary N) is 1. The zero-order valence-electron chi connectivity index (χ0n) is 21.3. The first-order chi connectivity index (χ1) is 17.8. The molecule has 1 aliphatic rings. The van der Waals surface area contributed by atoms with Crippen molar-refractivity contribution < 1.29 is 18.7 Å². The highest BCUT2D eigenvalue weighted by Gasteiger charge is 2.43. The maximum Gasteiger partial charge on any atom is 0.238 e. The van der Waals surface area contributed by atoms with Crippen molar-refractivity contribution in [1.29, 1.82) is 0 Å². The predicted octanol–water partition coefficient (Wildman–Crippen LogP) is 3.57. The third kappa shape index (κ3) is 5.62. The summed E-state index contributed by atoms with van der Waals surface area (Å²) in [5.74, 6) is 0.136. The van der Waals surface area contributed by atoms with Crippen LogP contribution in [0.3, 0.4) is 0 Å². The molecule has 3 aromatic rings. The molecule has 0 unspecified atom stereocenters. The number of methoxy groups -OCH3 is 2. The molecule has 0 radical (unpaired) electrons. The van der Waals surface area contributed by atoms with Crippen LogP contribution in [0.2, 0.25) is 5.02 Å². The van der Waals surface area contributed by atoms with Crippen LogP contribution < -0.4 is 15.8 Å². The van der Waals surface area contributed by atoms with E-state index >= 15 is 0 Å². The molecule has 1 aliphatic heterocycles. The minimum atomic E-state index is -0.790. The van der Waals surface area contributed by atoms with Crippen molar-refractivity contribution in [3.63, 3.8) is 0 Å². The van der Waals surface area contributed by atoms with E-state index in [0.29, 0.717) is 48.5 Å². The normalized spacial score (nSPS) is 15.7. The molecule has 3 N–H and O–H groups in total. The molecule has 1 amide bonds. The van der Waals surface area contributed by atoms with E-state index < -0.39 is 11.4 Å². The molecule has 0 saturated carbocycles. The zero-order chi connectivity index (χ0) is 26.6. The Kier molecular flexibility index (Phi) is 8.43. The second kappa shape index (κ2) is 11.6. The Bertz CT molecular complexity index is 1270. The lowest BCUT2D eigenvalue weighted by Gasteiger charge is -2.45. The van der Waals surface area contributed by atoms with Crippen LogP contribution in [0.4, 0.5) is 15.9 Å². The molecule has 198 valence electrons. The van der Waals surface area contributed by atoms with Gasteiger partial charge in [-0.1, -0.05) is 17.7 Å². The first-order valence-electron chi connectivity index (χ1n) is 12.0. The van der Waals surface area contributed by atoms with E-state index in [0.717, 1.165) is 25.2 Å². The Hall–Kier alpha value is -3.05. The second-order valence-electron chi connectivity index (χ2n) is 9.22. The highest BCUT2D eigenvalue weighted by atomic mass is 35.5. The van der Waals surface area contributed by atoms with Gasteiger partial charge in [-0.15, -0.1) is 0 Å². The number of fused-ring (bicyclic) bond motifs is 1. The van der Waals surface area contributed by atoms with Gasteiger partial charge in [0.25, 0.3) is 0 Å². The number of benzene rings is 2. The number of likely N-dealkylation sites (N-methyl/N-ethyl adjacent to an activating group) is 1. The van der Waals surface area contributed by atoms with Crippen LogP contribution in [-0.4, -0.2) is 78.7 Å². The predicted molar refractivity (Wildman–Crippen MR) is 142 cm³/mol. The molecule has 2 aromatic carbocycles. The quantitative estimate of drug-likeness (QED) is 0.410. The molecule has 0 spiro atoms. The number of hydrogen-bond donors (Lipinski definition) is 2. The van der Waals surface area contributed by atoms with E-state index in [-0.39, 0.29) is 16.6 Å². The van der Waals surface area contributed by atoms with E-state index in [1.54, 1.807) is 26.4 Å². The lowest BCUT2D eigenvalue weighted by atomic mass is 9.84. The number of amides is 1. The molecule has 1 saturated heterocycles. The van der Waals surface area contributed by atoms with Crippen molar-refractivity contribution in [2.24, 2.45) is 5.73 Å². The van der Waals surface area contributed by atoms with Crippen molar-refractivity contribution in [1.82, 2.24) is 19.8 Å². The number of carbonyl (C=O) groups excluding carboxylic acids is 1. The van der Waals surface area contributed by atoms with Crippen LogP contribution in [0.1, 0.15) is 18.4 Å². The lowest BCUT2D eigenvalue weighted by Crippen LogP contribution is -2.61. The number of anilines is 2. The average molecular weight is 531 g/mol. The van der Waals surface area contributed by atoms with Crippen LogP contribution in [0.5, 0.6) is 5.75 Å². The molecular weight excluding hydrogens is 499 g/mol. The number of nitrogens with zero attached hydrogens (tertiary/aromatic N) is 4. The van der Waals surface area contributed by atoms with Crippen LogP contribution in [0.25, 0.3) is 10.9 Å². The fourth-order valence-electron chi connectivity index (χ4n) is 4.86. The Morgan fingerprint density at radius 1 is 1.27 bits per heavy atom. The SMILES string of the molecule is COCCN1CCC(C(N)=O)(N(C)Cc2cc3c(Nc4cccc(Cl)c4F)ncnc3cc2OC)CC1. The number of ether oxygens (including phenoxy) is 2. The number of piperidine rings is 1. The number of rotatable bonds is 10. The zero-order valence-corrected chi connectivity index (χ0v) is 22.0. The summed E-state index contributed by atoms with van der Waals surface area (Å²) in [5, 5.41) is 3.72. The van der Waals surface area contributed by atoms with Gasteiger partial charge < -0.3 is 25.4 Å². The smallest absolute Gasteiger partial charge is 0.238 e. The van der Waals surface area contributed by atoms with Crippen molar-refractivity contribution in [2.45, 2.75) is 24.9 Å². The summed E-state index contributed by atoms with van der Waals surface area (Å²) < 4.78 is 25.4. The second-order valence-corrected chi connectivity index (χ2v) is 9.62. The monoisotopic (exact) mass is 530 g/mol. The summed E-state index contributed by atoms with van der Waals surface area (Å²) in [6.45, 7) is 3.36. The van der Waals surface area contributed by atoms with Gasteiger partial charge in [0.2, 0.25) is 5.91 Å². The number of aromatic nitrogens is 2. The Morgan fingerprint density at radius 2 is 2.03 bits per heavy atom. The average Bonchev–Trinajstić information content (AvgIpc) is 2.90. The fourth-order valence-corrected chi connectivity index (χ4v) is 5.03. The summed E-state index contributed by atoms with van der Waals surface area (Å²) in [5.41, 5.74) is 6.83. The lowest BCUT2D eigenvalue weighted by molar-refractivity contribution is -0.133. The van der Waals surface area contributed by atoms with Gasteiger partial charge in [0.15, 0.2) is 5.82 Å². The summed E-state index contributed by atoms with van der Waals surface area (Å²) in [6, 6.07) is 8.44. The summed E-state index contributed by atoms with van der Waals surface area (Å²) in [7, 11) is 5.17. The Morgan fingerprint density at radius 3 is 2.70 bits per heavy atom. The van der Waals surface area contributed by atoms with Gasteiger partial charge in [-0.2, -0.15) is 0 Å². The van der Waals surface area contributed by atoms with Gasteiger partial charge in [-0.05, 0) is 38.1 Å². The van der Waals surface area contributed by atoms with Gasteiger partial charge in [0, 0.05) is 50.3 Å². The first kappa shape index (κ1) is 27.0. The van der Waals surface area contributed by atoms with Crippen LogP contribution in [-0.2, 0) is 16.1 Å². The van der Waals surface area contributed by atoms with E-state index in [2.05, 4.69) is 20.2 Å². The number of hydrogen-bond acceptors (Lipinski definition) is 8. The molecule has 4 rings (SSSR count). The molecule has 1 aromatic heterocycles. The number of nitrogens with two attached hydrogens (primary N) is 1. The third-order valence-corrected chi connectivity index (χ3v) is 7.43.